The standard InChI is InChI=1S/C25H38N6O9/c1-18(6-9-31-21(33)4-5-22(31)34)26-7-8-27-20(32)3-2-19(25(39)40)30-14-12-28(16-23(35)36)10-11-29(13-15-30)17-24(37)38/h4-5,19,26H,1-3,6-17H2,(H,27,32)(H,35,36)(H,37,38)(H,39,40). The van der Waals surface area contributed by atoms with Crippen LogP contribution in [0.1, 0.15) is 19.3 Å². The molecule has 2 aliphatic rings. The predicted molar refractivity (Wildman–Crippen MR) is 141 cm³/mol. The number of nitrogens with one attached hydrogen (secondary N) is 2. The zero-order chi connectivity index (χ0) is 29.7. The summed E-state index contributed by atoms with van der Waals surface area (Å²) in [6, 6.07) is -1.01. The molecule has 2 heterocycles. The van der Waals surface area contributed by atoms with Gasteiger partial charge in [-0.15, -0.1) is 0 Å². The van der Waals surface area contributed by atoms with Crippen molar-refractivity contribution in [2.45, 2.75) is 25.3 Å². The van der Waals surface area contributed by atoms with Gasteiger partial charge in [0.05, 0.1) is 13.1 Å². The molecule has 15 heteroatoms. The van der Waals surface area contributed by atoms with Crippen molar-refractivity contribution < 1.29 is 44.1 Å². The molecule has 40 heavy (non-hydrogen) atoms. The van der Waals surface area contributed by atoms with Crippen molar-refractivity contribution in [2.75, 3.05) is 72.0 Å². The number of rotatable bonds is 16. The Bertz CT molecular complexity index is 955. The maximum atomic E-state index is 12.4. The molecule has 0 aromatic rings. The minimum absolute atomic E-state index is 0.0189. The first kappa shape index (κ1) is 32.4. The van der Waals surface area contributed by atoms with Crippen LogP contribution in [0.3, 0.4) is 0 Å². The van der Waals surface area contributed by atoms with Crippen molar-refractivity contribution in [3.05, 3.63) is 24.4 Å². The van der Waals surface area contributed by atoms with Gasteiger partial charge in [0, 0.05) is 89.6 Å². The summed E-state index contributed by atoms with van der Waals surface area (Å²) in [6.45, 7) is 5.87. The topological polar surface area (TPSA) is 200 Å². The van der Waals surface area contributed by atoms with E-state index in [0.717, 1.165) is 4.90 Å². The van der Waals surface area contributed by atoms with Crippen molar-refractivity contribution in [3.8, 4) is 0 Å². The maximum Gasteiger partial charge on any atom is 0.320 e. The van der Waals surface area contributed by atoms with Crippen LogP contribution >= 0.6 is 0 Å². The second kappa shape index (κ2) is 16.3. The van der Waals surface area contributed by atoms with Gasteiger partial charge in [0.15, 0.2) is 0 Å². The van der Waals surface area contributed by atoms with Crippen LogP contribution in [0.4, 0.5) is 0 Å². The molecule has 1 atom stereocenters. The third kappa shape index (κ3) is 11.5. The van der Waals surface area contributed by atoms with Gasteiger partial charge in [0.1, 0.15) is 6.04 Å². The van der Waals surface area contributed by atoms with E-state index in [4.69, 9.17) is 0 Å². The SMILES string of the molecule is C=C(CCN1C(=O)C=CC1=O)NCCNC(=O)CCC(C(=O)O)N1CCN(CC(=O)O)CCN(CC(=O)O)CC1. The molecule has 2 rings (SSSR count). The Morgan fingerprint density at radius 3 is 1.80 bits per heavy atom. The molecule has 0 bridgehead atoms. The van der Waals surface area contributed by atoms with Crippen molar-refractivity contribution in [1.29, 1.82) is 0 Å². The van der Waals surface area contributed by atoms with Crippen LogP contribution in [0, 0.1) is 0 Å². The molecule has 5 N–H and O–H groups in total. The molecule has 3 amide bonds. The van der Waals surface area contributed by atoms with E-state index in [2.05, 4.69) is 17.2 Å². The molecule has 222 valence electrons. The molecule has 0 saturated carbocycles. The zero-order valence-electron chi connectivity index (χ0n) is 22.4. The lowest BCUT2D eigenvalue weighted by atomic mass is 10.1. The molecule has 0 radical (unpaired) electrons. The Morgan fingerprint density at radius 2 is 1.30 bits per heavy atom. The summed E-state index contributed by atoms with van der Waals surface area (Å²) >= 11 is 0. The molecule has 15 nitrogen and oxygen atoms in total. The molecule has 1 fully saturated rings. The fraction of sp³-hybridized carbons (Fsp3) is 0.600. The van der Waals surface area contributed by atoms with Gasteiger partial charge in [-0.3, -0.25) is 48.4 Å². The van der Waals surface area contributed by atoms with Crippen LogP contribution < -0.4 is 10.6 Å². The minimum Gasteiger partial charge on any atom is -0.480 e. The van der Waals surface area contributed by atoms with Gasteiger partial charge in [0.25, 0.3) is 11.8 Å². The predicted octanol–water partition coefficient (Wildman–Crippen LogP) is -2.16. The second-order valence-corrected chi connectivity index (χ2v) is 9.56. The van der Waals surface area contributed by atoms with Gasteiger partial charge in [-0.2, -0.15) is 0 Å². The molecule has 0 aromatic carbocycles. The summed E-state index contributed by atoms with van der Waals surface area (Å²) in [5, 5.41) is 34.0. The van der Waals surface area contributed by atoms with Crippen LogP contribution in [0.2, 0.25) is 0 Å². The Labute approximate surface area is 232 Å². The number of carbonyl (C=O) groups is 6. The van der Waals surface area contributed by atoms with E-state index in [1.165, 1.54) is 12.2 Å². The number of carboxylic acids is 3. The lowest BCUT2D eigenvalue weighted by molar-refractivity contribution is -0.145. The first-order chi connectivity index (χ1) is 19.0. The van der Waals surface area contributed by atoms with E-state index in [0.29, 0.717) is 31.8 Å². The molecule has 0 aliphatic carbocycles. The molecule has 0 aromatic heterocycles. The van der Waals surface area contributed by atoms with Crippen LogP contribution in [0.5, 0.6) is 0 Å². The quantitative estimate of drug-likeness (QED) is 0.100. The lowest BCUT2D eigenvalue weighted by Gasteiger charge is -2.30. The average Bonchev–Trinajstić information content (AvgIpc) is 3.23. The zero-order valence-corrected chi connectivity index (χ0v) is 22.4. The van der Waals surface area contributed by atoms with E-state index < -0.39 is 23.9 Å². The Morgan fingerprint density at radius 1 is 0.800 bits per heavy atom. The number of carbonyl (C=O) groups excluding carboxylic acids is 3. The van der Waals surface area contributed by atoms with Gasteiger partial charge in [-0.05, 0) is 6.42 Å². The summed E-state index contributed by atoms with van der Waals surface area (Å²) < 4.78 is 0. The Kier molecular flexibility index (Phi) is 13.2. The molecule has 2 aliphatic heterocycles. The number of nitrogens with zero attached hydrogens (tertiary/aromatic N) is 4. The van der Waals surface area contributed by atoms with Gasteiger partial charge < -0.3 is 26.0 Å². The third-order valence-corrected chi connectivity index (χ3v) is 6.59. The number of hydrogen-bond acceptors (Lipinski definition) is 10. The maximum absolute atomic E-state index is 12.4. The van der Waals surface area contributed by atoms with Crippen LogP contribution in [0.25, 0.3) is 0 Å². The third-order valence-electron chi connectivity index (χ3n) is 6.59. The van der Waals surface area contributed by atoms with Gasteiger partial charge in [-0.1, -0.05) is 6.58 Å². The second-order valence-electron chi connectivity index (χ2n) is 9.56. The smallest absolute Gasteiger partial charge is 0.320 e. The number of carboxylic acid groups (broad SMARTS) is 3. The summed E-state index contributed by atoms with van der Waals surface area (Å²) in [4.78, 5) is 76.1. The van der Waals surface area contributed by atoms with Gasteiger partial charge in [0.2, 0.25) is 5.91 Å². The average molecular weight is 567 g/mol. The summed E-state index contributed by atoms with van der Waals surface area (Å²) in [5.74, 6) is -4.27. The van der Waals surface area contributed by atoms with E-state index in [1.54, 1.807) is 14.7 Å². The fourth-order valence-electron chi connectivity index (χ4n) is 4.41. The normalized spacial score (nSPS) is 18.1. The van der Waals surface area contributed by atoms with Crippen LogP contribution in [-0.4, -0.2) is 149 Å². The summed E-state index contributed by atoms with van der Waals surface area (Å²) in [6.07, 6.45) is 2.74. The first-order valence-corrected chi connectivity index (χ1v) is 13.0. The van der Waals surface area contributed by atoms with Gasteiger partial charge in [-0.25, -0.2) is 0 Å². The van der Waals surface area contributed by atoms with Gasteiger partial charge >= 0.3 is 17.9 Å². The highest BCUT2D eigenvalue weighted by Gasteiger charge is 2.29. The largest absolute Gasteiger partial charge is 0.480 e. The molecule has 0 spiro atoms. The minimum atomic E-state index is -1.12. The van der Waals surface area contributed by atoms with Crippen LogP contribution in [0.15, 0.2) is 24.4 Å². The molecular weight excluding hydrogens is 528 g/mol. The highest BCUT2D eigenvalue weighted by Crippen LogP contribution is 2.11. The van der Waals surface area contributed by atoms with Crippen molar-refractivity contribution in [2.24, 2.45) is 0 Å². The first-order valence-electron chi connectivity index (χ1n) is 13.0. The number of aliphatic carboxylic acids is 3. The van der Waals surface area contributed by atoms with Crippen molar-refractivity contribution in [1.82, 2.24) is 30.2 Å². The van der Waals surface area contributed by atoms with E-state index in [-0.39, 0.29) is 82.9 Å². The van der Waals surface area contributed by atoms with E-state index in [9.17, 15) is 44.1 Å². The van der Waals surface area contributed by atoms with Crippen molar-refractivity contribution in [3.63, 3.8) is 0 Å². The van der Waals surface area contributed by atoms with Crippen LogP contribution in [-0.2, 0) is 28.8 Å². The number of imide groups is 1. The van der Waals surface area contributed by atoms with E-state index in [1.807, 2.05) is 0 Å². The molecule has 1 saturated heterocycles. The molecule has 1 unspecified atom stereocenters. The Hall–Kier alpha value is -3.82. The lowest BCUT2D eigenvalue weighted by Crippen LogP contribution is -2.47. The highest BCUT2D eigenvalue weighted by molar-refractivity contribution is 6.12. The van der Waals surface area contributed by atoms with E-state index >= 15 is 0 Å². The summed E-state index contributed by atoms with van der Waals surface area (Å²) in [7, 11) is 0. The van der Waals surface area contributed by atoms with Crippen molar-refractivity contribution >= 4 is 35.6 Å². The Balaban J connectivity index is 1.80. The fourth-order valence-corrected chi connectivity index (χ4v) is 4.41. The summed E-state index contributed by atoms with van der Waals surface area (Å²) in [5.41, 5.74) is 0.592. The number of hydrogen-bond donors (Lipinski definition) is 5. The highest BCUT2D eigenvalue weighted by atomic mass is 16.4. The number of amides is 3. The monoisotopic (exact) mass is 566 g/mol. The molecular formula is C25H38N6O9.